The van der Waals surface area contributed by atoms with E-state index in [1.807, 2.05) is 31.2 Å². The Bertz CT molecular complexity index is 703. The molecule has 23 heavy (non-hydrogen) atoms. The number of carbonyl (C=O) groups is 1. The lowest BCUT2D eigenvalue weighted by atomic mass is 10.1. The van der Waals surface area contributed by atoms with E-state index < -0.39 is 0 Å². The first-order chi connectivity index (χ1) is 11.0. The van der Waals surface area contributed by atoms with Gasteiger partial charge in [0.25, 0.3) is 0 Å². The summed E-state index contributed by atoms with van der Waals surface area (Å²) in [7, 11) is 0. The molecule has 1 saturated heterocycles. The molecule has 0 bridgehead atoms. The van der Waals surface area contributed by atoms with Crippen molar-refractivity contribution in [2.75, 3.05) is 13.2 Å². The number of ether oxygens (including phenoxy) is 1. The highest BCUT2D eigenvalue weighted by Crippen LogP contribution is 2.27. The van der Waals surface area contributed by atoms with E-state index in [0.717, 1.165) is 5.56 Å². The molecule has 3 rings (SSSR count). The van der Waals surface area contributed by atoms with Crippen LogP contribution < -0.4 is 0 Å². The first-order valence-electron chi connectivity index (χ1n) is 7.48. The quantitative estimate of drug-likeness (QED) is 0.862. The monoisotopic (exact) mass is 335 g/mol. The van der Waals surface area contributed by atoms with Crippen molar-refractivity contribution in [1.29, 1.82) is 0 Å². The number of hydrogen-bond acceptors (Lipinski definition) is 5. The Morgan fingerprint density at radius 1 is 1.43 bits per heavy atom. The Labute approximate surface area is 139 Å². The maximum Gasteiger partial charge on any atom is 0.232 e. The van der Waals surface area contributed by atoms with Gasteiger partial charge in [-0.1, -0.05) is 23.7 Å². The van der Waals surface area contributed by atoms with Crippen molar-refractivity contribution in [3.05, 3.63) is 46.6 Å². The summed E-state index contributed by atoms with van der Waals surface area (Å²) in [5, 5.41) is 8.29. The van der Waals surface area contributed by atoms with Gasteiger partial charge >= 0.3 is 0 Å². The average Bonchev–Trinajstić information content (AvgIpc) is 2.92. The zero-order valence-corrected chi connectivity index (χ0v) is 13.8. The third kappa shape index (κ3) is 3.71. The van der Waals surface area contributed by atoms with Crippen LogP contribution in [0.3, 0.4) is 0 Å². The van der Waals surface area contributed by atoms with Gasteiger partial charge in [0.05, 0.1) is 19.2 Å². The molecule has 2 atom stereocenters. The molecule has 1 amide bonds. The summed E-state index contributed by atoms with van der Waals surface area (Å²) in [6.07, 6.45) is -0.0775. The summed E-state index contributed by atoms with van der Waals surface area (Å²) in [5.74, 6) is 0.751. The summed E-state index contributed by atoms with van der Waals surface area (Å²) in [6, 6.07) is 7.52. The summed E-state index contributed by atoms with van der Waals surface area (Å²) < 4.78 is 11.2. The van der Waals surface area contributed by atoms with Crippen LogP contribution in [0.5, 0.6) is 0 Å². The fourth-order valence-corrected chi connectivity index (χ4v) is 2.85. The fraction of sp³-hybridized carbons (Fsp3) is 0.438. The standard InChI is InChI=1S/C16H18ClN3O3/c1-10-9-22-14(12-4-3-5-13(17)6-12)8-20(10)16(21)7-15-19-18-11(2)23-15/h3-6,10,14H,7-9H2,1-2H3/t10-,14-/m0/s1. The van der Waals surface area contributed by atoms with E-state index in [-0.39, 0.29) is 24.5 Å². The van der Waals surface area contributed by atoms with Crippen LogP contribution >= 0.6 is 11.6 Å². The van der Waals surface area contributed by atoms with Gasteiger partial charge in [-0.15, -0.1) is 10.2 Å². The number of nitrogens with zero attached hydrogens (tertiary/aromatic N) is 3. The third-order valence-corrected chi connectivity index (χ3v) is 4.08. The summed E-state index contributed by atoms with van der Waals surface area (Å²) >= 11 is 6.04. The molecule has 6 nitrogen and oxygen atoms in total. The van der Waals surface area contributed by atoms with Gasteiger partial charge in [0.1, 0.15) is 12.5 Å². The summed E-state index contributed by atoms with van der Waals surface area (Å²) in [4.78, 5) is 14.3. The topological polar surface area (TPSA) is 68.5 Å². The minimum Gasteiger partial charge on any atom is -0.425 e. The molecule has 2 aromatic rings. The van der Waals surface area contributed by atoms with Crippen LogP contribution in [-0.4, -0.2) is 40.2 Å². The molecule has 0 aliphatic carbocycles. The summed E-state index contributed by atoms with van der Waals surface area (Å²) in [5.41, 5.74) is 0.968. The van der Waals surface area contributed by atoms with E-state index in [1.54, 1.807) is 11.8 Å². The third-order valence-electron chi connectivity index (χ3n) is 3.84. The number of aryl methyl sites for hydroxylation is 1. The van der Waals surface area contributed by atoms with E-state index in [1.165, 1.54) is 0 Å². The molecule has 1 aliphatic heterocycles. The molecule has 0 saturated carbocycles. The normalized spacial score (nSPS) is 21.4. The molecule has 0 spiro atoms. The van der Waals surface area contributed by atoms with Gasteiger partial charge in [0.15, 0.2) is 0 Å². The van der Waals surface area contributed by atoms with Gasteiger partial charge in [-0.05, 0) is 24.6 Å². The lowest BCUT2D eigenvalue weighted by Gasteiger charge is -2.38. The van der Waals surface area contributed by atoms with Gasteiger partial charge in [-0.25, -0.2) is 0 Å². The maximum atomic E-state index is 12.5. The van der Waals surface area contributed by atoms with Crippen molar-refractivity contribution in [1.82, 2.24) is 15.1 Å². The second-order valence-electron chi connectivity index (χ2n) is 5.66. The Kier molecular flexibility index (Phi) is 4.63. The molecule has 7 heteroatoms. The van der Waals surface area contributed by atoms with Crippen molar-refractivity contribution >= 4 is 17.5 Å². The average molecular weight is 336 g/mol. The number of carbonyl (C=O) groups excluding carboxylic acids is 1. The lowest BCUT2D eigenvalue weighted by Crippen LogP contribution is -2.48. The molecule has 122 valence electrons. The minimum absolute atomic E-state index is 0.00181. The van der Waals surface area contributed by atoms with Gasteiger partial charge < -0.3 is 14.1 Å². The molecule has 2 heterocycles. The molecule has 0 unspecified atom stereocenters. The Morgan fingerprint density at radius 2 is 2.26 bits per heavy atom. The summed E-state index contributed by atoms with van der Waals surface area (Å²) in [6.45, 7) is 4.62. The number of morpholine rings is 1. The minimum atomic E-state index is -0.182. The predicted octanol–water partition coefficient (Wildman–Crippen LogP) is 2.56. The molecule has 1 fully saturated rings. The fourth-order valence-electron chi connectivity index (χ4n) is 2.65. The maximum absolute atomic E-state index is 12.5. The molecule has 0 N–H and O–H groups in total. The smallest absolute Gasteiger partial charge is 0.232 e. The highest BCUT2D eigenvalue weighted by atomic mass is 35.5. The molecule has 0 radical (unpaired) electrons. The number of hydrogen-bond donors (Lipinski definition) is 0. The molecule has 1 aromatic heterocycles. The number of halogens is 1. The first-order valence-corrected chi connectivity index (χ1v) is 7.86. The predicted molar refractivity (Wildman–Crippen MR) is 84.1 cm³/mol. The van der Waals surface area contributed by atoms with Crippen molar-refractivity contribution < 1.29 is 13.9 Å². The Morgan fingerprint density at radius 3 is 2.96 bits per heavy atom. The number of amides is 1. The van der Waals surface area contributed by atoms with E-state index in [4.69, 9.17) is 20.8 Å². The second-order valence-corrected chi connectivity index (χ2v) is 6.10. The van der Waals surface area contributed by atoms with Gasteiger partial charge in [0, 0.05) is 11.9 Å². The zero-order chi connectivity index (χ0) is 16.4. The number of rotatable bonds is 3. The second kappa shape index (κ2) is 6.68. The van der Waals surface area contributed by atoms with Crippen LogP contribution in [0.15, 0.2) is 28.7 Å². The van der Waals surface area contributed by atoms with Crippen molar-refractivity contribution in [2.24, 2.45) is 0 Å². The van der Waals surface area contributed by atoms with Crippen molar-refractivity contribution in [3.63, 3.8) is 0 Å². The van der Waals surface area contributed by atoms with Gasteiger partial charge in [0.2, 0.25) is 17.7 Å². The highest BCUT2D eigenvalue weighted by Gasteiger charge is 2.31. The molecular formula is C16H18ClN3O3. The van der Waals surface area contributed by atoms with Crippen LogP contribution in [0, 0.1) is 6.92 Å². The zero-order valence-electron chi connectivity index (χ0n) is 13.0. The first kappa shape index (κ1) is 16.0. The number of aromatic nitrogens is 2. The van der Waals surface area contributed by atoms with E-state index in [9.17, 15) is 4.79 Å². The molecule has 1 aromatic carbocycles. The van der Waals surface area contributed by atoms with Crippen LogP contribution in [0.1, 0.15) is 30.4 Å². The lowest BCUT2D eigenvalue weighted by molar-refractivity contribution is -0.144. The van der Waals surface area contributed by atoms with Crippen molar-refractivity contribution in [3.8, 4) is 0 Å². The van der Waals surface area contributed by atoms with Crippen molar-refractivity contribution in [2.45, 2.75) is 32.4 Å². The largest absolute Gasteiger partial charge is 0.425 e. The van der Waals surface area contributed by atoms with E-state index in [0.29, 0.717) is 30.0 Å². The van der Waals surface area contributed by atoms with Gasteiger partial charge in [-0.3, -0.25) is 4.79 Å². The van der Waals surface area contributed by atoms with Crippen LogP contribution in [-0.2, 0) is 16.0 Å². The Hall–Kier alpha value is -1.92. The molecular weight excluding hydrogens is 318 g/mol. The Balaban J connectivity index is 1.71. The van der Waals surface area contributed by atoms with Gasteiger partial charge in [-0.2, -0.15) is 0 Å². The van der Waals surface area contributed by atoms with E-state index >= 15 is 0 Å². The SMILES string of the molecule is Cc1nnc(CC(=O)N2C[C@@H](c3cccc(Cl)c3)OC[C@@H]2C)o1. The molecule has 1 aliphatic rings. The van der Waals surface area contributed by atoms with Crippen LogP contribution in [0.4, 0.5) is 0 Å². The number of benzene rings is 1. The van der Waals surface area contributed by atoms with E-state index in [2.05, 4.69) is 10.2 Å². The van der Waals surface area contributed by atoms with Crippen LogP contribution in [0.2, 0.25) is 5.02 Å². The van der Waals surface area contributed by atoms with Crippen LogP contribution in [0.25, 0.3) is 0 Å². The highest BCUT2D eigenvalue weighted by molar-refractivity contribution is 6.30.